The quantitative estimate of drug-likeness (QED) is 0.750. The van der Waals surface area contributed by atoms with Crippen LogP contribution in [0.15, 0.2) is 73.2 Å². The topological polar surface area (TPSA) is 64.1 Å². The van der Waals surface area contributed by atoms with E-state index in [-0.39, 0.29) is 5.91 Å². The summed E-state index contributed by atoms with van der Waals surface area (Å²) in [4.78, 5) is 20.1. The number of nitrogens with zero attached hydrogens (tertiary/aromatic N) is 2. The molecule has 3 aromatic rings. The van der Waals surface area contributed by atoms with Crippen LogP contribution in [0.3, 0.4) is 0 Å². The molecule has 1 heterocycles. The van der Waals surface area contributed by atoms with Gasteiger partial charge in [-0.3, -0.25) is 9.78 Å². The largest absolute Gasteiger partial charge is 0.437 e. The summed E-state index contributed by atoms with van der Waals surface area (Å²) in [5.74, 6) is 0.969. The van der Waals surface area contributed by atoms with Gasteiger partial charge < -0.3 is 10.1 Å². The Morgan fingerprint density at radius 2 is 1.92 bits per heavy atom. The molecule has 2 aromatic carbocycles. The summed E-state index contributed by atoms with van der Waals surface area (Å²) in [6, 6.07) is 17.1. The van der Waals surface area contributed by atoms with Crippen LogP contribution in [0, 0.1) is 0 Å². The van der Waals surface area contributed by atoms with Crippen molar-refractivity contribution >= 4 is 11.6 Å². The monoisotopic (exact) mass is 319 g/mol. The summed E-state index contributed by atoms with van der Waals surface area (Å²) in [6.07, 6.45) is 5.81. The number of hydrogen-bond acceptors (Lipinski definition) is 4. The van der Waals surface area contributed by atoms with Gasteiger partial charge in [-0.1, -0.05) is 36.4 Å². The minimum absolute atomic E-state index is 0.0319. The molecule has 24 heavy (non-hydrogen) atoms. The van der Waals surface area contributed by atoms with Crippen LogP contribution in [0.4, 0.5) is 5.69 Å². The minimum atomic E-state index is -0.0319. The van der Waals surface area contributed by atoms with Gasteiger partial charge in [0.05, 0.1) is 6.20 Å². The second kappa shape index (κ2) is 7.87. The standard InChI is InChI=1S/C19H17N3O2/c23-18(10-9-15-5-2-1-3-6-15)22-16-7-4-8-17(13-16)24-19-14-20-11-12-21-19/h1-8,11-14H,9-10H2,(H,22,23). The van der Waals surface area contributed by atoms with Gasteiger partial charge in [0, 0.05) is 30.6 Å². The van der Waals surface area contributed by atoms with E-state index in [1.54, 1.807) is 24.5 Å². The predicted octanol–water partition coefficient (Wildman–Crippen LogP) is 3.84. The van der Waals surface area contributed by atoms with E-state index >= 15 is 0 Å². The number of benzene rings is 2. The smallest absolute Gasteiger partial charge is 0.237 e. The lowest BCUT2D eigenvalue weighted by atomic mass is 10.1. The zero-order valence-electron chi connectivity index (χ0n) is 13.1. The summed E-state index contributed by atoms with van der Waals surface area (Å²) >= 11 is 0. The highest BCUT2D eigenvalue weighted by Gasteiger charge is 2.05. The van der Waals surface area contributed by atoms with Crippen molar-refractivity contribution in [2.45, 2.75) is 12.8 Å². The number of aromatic nitrogens is 2. The van der Waals surface area contributed by atoms with E-state index < -0.39 is 0 Å². The number of carbonyl (C=O) groups excluding carboxylic acids is 1. The summed E-state index contributed by atoms with van der Waals surface area (Å²) in [6.45, 7) is 0. The Morgan fingerprint density at radius 1 is 1.04 bits per heavy atom. The van der Waals surface area contributed by atoms with Gasteiger partial charge in [0.1, 0.15) is 5.75 Å². The zero-order chi connectivity index (χ0) is 16.6. The van der Waals surface area contributed by atoms with Gasteiger partial charge in [0.2, 0.25) is 11.8 Å². The predicted molar refractivity (Wildman–Crippen MR) is 91.9 cm³/mol. The molecule has 0 saturated carbocycles. The van der Waals surface area contributed by atoms with E-state index in [0.717, 1.165) is 5.56 Å². The molecule has 0 fully saturated rings. The fraction of sp³-hybridized carbons (Fsp3) is 0.105. The maximum absolute atomic E-state index is 12.1. The molecule has 0 aliphatic rings. The Balaban J connectivity index is 1.57. The molecular formula is C19H17N3O2. The number of anilines is 1. The molecule has 0 unspecified atom stereocenters. The second-order valence-corrected chi connectivity index (χ2v) is 5.21. The molecule has 0 saturated heterocycles. The molecule has 1 aromatic heterocycles. The Kier molecular flexibility index (Phi) is 5.14. The van der Waals surface area contributed by atoms with E-state index in [1.807, 2.05) is 42.5 Å². The Morgan fingerprint density at radius 3 is 2.71 bits per heavy atom. The van der Waals surface area contributed by atoms with Gasteiger partial charge >= 0.3 is 0 Å². The molecule has 1 amide bonds. The molecule has 5 heteroatoms. The number of amides is 1. The van der Waals surface area contributed by atoms with Crippen molar-refractivity contribution < 1.29 is 9.53 Å². The Hall–Kier alpha value is -3.21. The molecule has 0 aliphatic heterocycles. The summed E-state index contributed by atoms with van der Waals surface area (Å²) in [7, 11) is 0. The average molecular weight is 319 g/mol. The minimum Gasteiger partial charge on any atom is -0.437 e. The SMILES string of the molecule is O=C(CCc1ccccc1)Nc1cccc(Oc2cnccn2)c1. The Bertz CT molecular complexity index is 792. The van der Waals surface area contributed by atoms with Crippen LogP contribution < -0.4 is 10.1 Å². The number of rotatable bonds is 6. The highest BCUT2D eigenvalue weighted by molar-refractivity contribution is 5.91. The maximum Gasteiger partial charge on any atom is 0.237 e. The third-order valence-corrected chi connectivity index (χ3v) is 3.36. The van der Waals surface area contributed by atoms with Crippen molar-refractivity contribution in [3.05, 3.63) is 78.8 Å². The van der Waals surface area contributed by atoms with Gasteiger partial charge in [-0.25, -0.2) is 4.98 Å². The second-order valence-electron chi connectivity index (χ2n) is 5.21. The van der Waals surface area contributed by atoms with Crippen LogP contribution >= 0.6 is 0 Å². The summed E-state index contributed by atoms with van der Waals surface area (Å²) < 4.78 is 5.60. The van der Waals surface area contributed by atoms with Crippen LogP contribution in [0.1, 0.15) is 12.0 Å². The lowest BCUT2D eigenvalue weighted by Crippen LogP contribution is -2.12. The molecule has 1 N–H and O–H groups in total. The van der Waals surface area contributed by atoms with Crippen molar-refractivity contribution in [1.82, 2.24) is 9.97 Å². The fourth-order valence-electron chi connectivity index (χ4n) is 2.22. The number of nitrogens with one attached hydrogen (secondary N) is 1. The molecule has 0 spiro atoms. The highest BCUT2D eigenvalue weighted by atomic mass is 16.5. The van der Waals surface area contributed by atoms with Crippen molar-refractivity contribution in [3.63, 3.8) is 0 Å². The van der Waals surface area contributed by atoms with Gasteiger partial charge in [-0.15, -0.1) is 0 Å². The first kappa shape index (κ1) is 15.7. The van der Waals surface area contributed by atoms with Crippen LogP contribution in [-0.2, 0) is 11.2 Å². The number of carbonyl (C=O) groups is 1. The molecule has 0 aliphatic carbocycles. The number of ether oxygens (including phenoxy) is 1. The zero-order valence-corrected chi connectivity index (χ0v) is 13.1. The highest BCUT2D eigenvalue weighted by Crippen LogP contribution is 2.22. The van der Waals surface area contributed by atoms with Crippen molar-refractivity contribution in [2.75, 3.05) is 5.32 Å². The van der Waals surface area contributed by atoms with Gasteiger partial charge in [0.15, 0.2) is 0 Å². The van der Waals surface area contributed by atoms with Gasteiger partial charge in [-0.05, 0) is 24.1 Å². The van der Waals surface area contributed by atoms with E-state index in [9.17, 15) is 4.79 Å². The fourth-order valence-corrected chi connectivity index (χ4v) is 2.22. The van der Waals surface area contributed by atoms with Crippen LogP contribution in [-0.4, -0.2) is 15.9 Å². The molecule has 0 atom stereocenters. The molecule has 0 bridgehead atoms. The summed E-state index contributed by atoms with van der Waals surface area (Å²) in [5.41, 5.74) is 1.84. The van der Waals surface area contributed by atoms with Gasteiger partial charge in [0.25, 0.3) is 0 Å². The normalized spacial score (nSPS) is 10.2. The first-order valence-electron chi connectivity index (χ1n) is 7.67. The van der Waals surface area contributed by atoms with Gasteiger partial charge in [-0.2, -0.15) is 0 Å². The number of hydrogen-bond donors (Lipinski definition) is 1. The van der Waals surface area contributed by atoms with Crippen LogP contribution in [0.2, 0.25) is 0 Å². The first-order chi connectivity index (χ1) is 11.8. The first-order valence-corrected chi connectivity index (χ1v) is 7.67. The number of aryl methyl sites for hydroxylation is 1. The average Bonchev–Trinajstić information content (AvgIpc) is 2.62. The third kappa shape index (κ3) is 4.64. The molecule has 5 nitrogen and oxygen atoms in total. The van der Waals surface area contributed by atoms with Crippen molar-refractivity contribution in [2.24, 2.45) is 0 Å². The molecule has 0 radical (unpaired) electrons. The lowest BCUT2D eigenvalue weighted by molar-refractivity contribution is -0.116. The van der Waals surface area contributed by atoms with E-state index in [4.69, 9.17) is 4.74 Å². The third-order valence-electron chi connectivity index (χ3n) is 3.36. The van der Waals surface area contributed by atoms with E-state index in [0.29, 0.717) is 30.2 Å². The van der Waals surface area contributed by atoms with Crippen molar-refractivity contribution in [3.8, 4) is 11.6 Å². The molecule has 120 valence electrons. The molecular weight excluding hydrogens is 302 g/mol. The van der Waals surface area contributed by atoms with E-state index in [1.165, 1.54) is 6.20 Å². The lowest BCUT2D eigenvalue weighted by Gasteiger charge is -2.08. The van der Waals surface area contributed by atoms with Crippen LogP contribution in [0.5, 0.6) is 11.6 Å². The Labute approximate surface area is 140 Å². The molecule has 3 rings (SSSR count). The van der Waals surface area contributed by atoms with E-state index in [2.05, 4.69) is 15.3 Å². The van der Waals surface area contributed by atoms with Crippen LogP contribution in [0.25, 0.3) is 0 Å². The maximum atomic E-state index is 12.1. The summed E-state index contributed by atoms with van der Waals surface area (Å²) in [5, 5.41) is 2.88. The van der Waals surface area contributed by atoms with Crippen molar-refractivity contribution in [1.29, 1.82) is 0 Å².